The van der Waals surface area contributed by atoms with Crippen molar-refractivity contribution in [3.63, 3.8) is 0 Å². The molecule has 1 amide bonds. The van der Waals surface area contributed by atoms with Gasteiger partial charge in [-0.05, 0) is 25.0 Å². The predicted octanol–water partition coefficient (Wildman–Crippen LogP) is 0.953. The van der Waals surface area contributed by atoms with Gasteiger partial charge in [-0.3, -0.25) is 19.8 Å². The van der Waals surface area contributed by atoms with E-state index in [0.717, 1.165) is 30.4 Å². The van der Waals surface area contributed by atoms with Crippen molar-refractivity contribution in [2.75, 3.05) is 10.3 Å². The molecule has 0 atom stereocenters. The molecule has 1 saturated carbocycles. The Morgan fingerprint density at radius 2 is 1.83 bits per heavy atom. The minimum Gasteiger partial charge on any atom is -0.478 e. The number of carbonyl (C=O) groups excluding carboxylic acids is 1. The predicted molar refractivity (Wildman–Crippen MR) is 87.2 cm³/mol. The Balaban J connectivity index is 2.07. The second-order valence-corrected chi connectivity index (χ2v) is 5.89. The van der Waals surface area contributed by atoms with Crippen molar-refractivity contribution in [3.8, 4) is 0 Å². The van der Waals surface area contributed by atoms with E-state index in [9.17, 15) is 24.3 Å². The van der Waals surface area contributed by atoms with Gasteiger partial charge in [-0.2, -0.15) is 4.68 Å². The van der Waals surface area contributed by atoms with Gasteiger partial charge in [-0.1, -0.05) is 18.9 Å². The molecule has 3 rings (SSSR count). The smallest absolute Gasteiger partial charge is 0.340 e. The van der Waals surface area contributed by atoms with Crippen LogP contribution in [0.5, 0.6) is 0 Å². The van der Waals surface area contributed by atoms with Gasteiger partial charge in [0, 0.05) is 13.0 Å². The lowest BCUT2D eigenvalue weighted by molar-refractivity contribution is -0.117. The highest BCUT2D eigenvalue weighted by Gasteiger charge is 2.30. The van der Waals surface area contributed by atoms with Crippen LogP contribution in [0.1, 0.15) is 43.0 Å². The summed E-state index contributed by atoms with van der Waals surface area (Å²) >= 11 is 0. The van der Waals surface area contributed by atoms with E-state index in [1.54, 1.807) is 12.1 Å². The number of hydrogen-bond acceptors (Lipinski definition) is 5. The largest absolute Gasteiger partial charge is 0.478 e. The molecule has 1 fully saturated rings. The van der Waals surface area contributed by atoms with E-state index in [-0.39, 0.29) is 28.9 Å². The number of anilines is 2. The summed E-state index contributed by atoms with van der Waals surface area (Å²) < 4.78 is 0.735. The number of aromatic carboxylic acids is 1. The van der Waals surface area contributed by atoms with Crippen LogP contribution < -0.4 is 21.4 Å². The van der Waals surface area contributed by atoms with Gasteiger partial charge in [0.15, 0.2) is 0 Å². The third-order valence-electron chi connectivity index (χ3n) is 4.32. The molecule has 0 bridgehead atoms. The lowest BCUT2D eigenvalue weighted by atomic mass is 10.1. The van der Waals surface area contributed by atoms with Crippen LogP contribution >= 0.6 is 0 Å². The van der Waals surface area contributed by atoms with Crippen LogP contribution in [-0.2, 0) is 4.79 Å². The van der Waals surface area contributed by atoms with Crippen LogP contribution in [0.25, 0.3) is 0 Å². The zero-order valence-electron chi connectivity index (χ0n) is 13.1. The number of amides is 1. The standard InChI is InChI=1S/C16H17N3O5/c1-9(20)18(10-5-2-3-6-10)12-8-4-7-11(13(12)16(23)24)17-19-14(21)15(19)22/h4,7-8,10,17H,2-3,5-6H2,1H3,(H,23,24). The van der Waals surface area contributed by atoms with Crippen LogP contribution in [0.3, 0.4) is 0 Å². The minimum absolute atomic E-state index is 0.0413. The summed E-state index contributed by atoms with van der Waals surface area (Å²) in [5.41, 5.74) is 1.29. The van der Waals surface area contributed by atoms with Crippen LogP contribution in [-0.4, -0.2) is 27.7 Å². The Morgan fingerprint density at radius 1 is 1.21 bits per heavy atom. The van der Waals surface area contributed by atoms with Crippen LogP contribution in [0.15, 0.2) is 27.8 Å². The third kappa shape index (κ3) is 2.70. The van der Waals surface area contributed by atoms with E-state index in [2.05, 4.69) is 5.43 Å². The van der Waals surface area contributed by atoms with Gasteiger partial charge in [0.1, 0.15) is 5.56 Å². The van der Waals surface area contributed by atoms with Crippen molar-refractivity contribution >= 4 is 23.3 Å². The fourth-order valence-electron chi connectivity index (χ4n) is 3.20. The van der Waals surface area contributed by atoms with E-state index in [1.165, 1.54) is 17.9 Å². The Morgan fingerprint density at radius 3 is 2.33 bits per heavy atom. The summed E-state index contributed by atoms with van der Waals surface area (Å²) in [4.78, 5) is 47.7. The molecule has 0 radical (unpaired) electrons. The lowest BCUT2D eigenvalue weighted by Gasteiger charge is -2.29. The molecule has 1 aliphatic rings. The first-order valence-electron chi connectivity index (χ1n) is 7.73. The zero-order chi connectivity index (χ0) is 17.4. The number of hydrogen-bond donors (Lipinski definition) is 2. The fourth-order valence-corrected chi connectivity index (χ4v) is 3.20. The molecular weight excluding hydrogens is 314 g/mol. The van der Waals surface area contributed by atoms with Gasteiger partial charge in [0.05, 0.1) is 11.4 Å². The molecule has 1 aromatic heterocycles. The molecule has 24 heavy (non-hydrogen) atoms. The van der Waals surface area contributed by atoms with Crippen molar-refractivity contribution in [3.05, 3.63) is 44.5 Å². The van der Waals surface area contributed by atoms with Crippen molar-refractivity contribution < 1.29 is 14.7 Å². The lowest BCUT2D eigenvalue weighted by Crippen LogP contribution is -2.38. The van der Waals surface area contributed by atoms with E-state index in [4.69, 9.17) is 0 Å². The number of nitrogens with one attached hydrogen (secondary N) is 1. The Kier molecular flexibility index (Phi) is 3.96. The molecule has 1 aromatic carbocycles. The van der Waals surface area contributed by atoms with Gasteiger partial charge in [0.25, 0.3) is 0 Å². The first kappa shape index (κ1) is 16.0. The number of aromatic nitrogens is 1. The summed E-state index contributed by atoms with van der Waals surface area (Å²) in [6.45, 7) is 1.40. The molecule has 0 saturated heterocycles. The second kappa shape index (κ2) is 5.95. The Bertz CT molecular complexity index is 846. The maximum absolute atomic E-state index is 12.2. The Labute approximate surface area is 137 Å². The summed E-state index contributed by atoms with van der Waals surface area (Å²) in [6, 6.07) is 4.58. The maximum atomic E-state index is 12.2. The molecule has 0 unspecified atom stereocenters. The molecule has 1 aliphatic carbocycles. The molecule has 126 valence electrons. The van der Waals surface area contributed by atoms with Crippen molar-refractivity contribution in [2.24, 2.45) is 0 Å². The SMILES string of the molecule is CC(=O)N(c1cccc(Nn2c(=O)c2=O)c1C(=O)O)C1CCCC1. The summed E-state index contributed by atoms with van der Waals surface area (Å²) in [5, 5.41) is 9.62. The highest BCUT2D eigenvalue weighted by atomic mass is 16.4. The average Bonchev–Trinajstić information content (AvgIpc) is 2.95. The van der Waals surface area contributed by atoms with Crippen LogP contribution in [0.4, 0.5) is 11.4 Å². The molecule has 8 heteroatoms. The first-order valence-corrected chi connectivity index (χ1v) is 7.73. The number of benzene rings is 1. The second-order valence-electron chi connectivity index (χ2n) is 5.89. The number of carbonyl (C=O) groups is 2. The van der Waals surface area contributed by atoms with Crippen molar-refractivity contribution in [2.45, 2.75) is 38.6 Å². The molecule has 2 N–H and O–H groups in total. The topological polar surface area (TPSA) is 109 Å². The fraction of sp³-hybridized carbons (Fsp3) is 0.375. The Hall–Kier alpha value is -2.90. The molecule has 0 aliphatic heterocycles. The highest BCUT2D eigenvalue weighted by molar-refractivity contribution is 6.05. The van der Waals surface area contributed by atoms with E-state index >= 15 is 0 Å². The molecule has 8 nitrogen and oxygen atoms in total. The quantitative estimate of drug-likeness (QED) is 0.790. The van der Waals surface area contributed by atoms with Gasteiger partial charge < -0.3 is 10.0 Å². The number of carboxylic acids is 1. The van der Waals surface area contributed by atoms with E-state index in [1.807, 2.05) is 0 Å². The molecule has 2 aromatic rings. The zero-order valence-corrected chi connectivity index (χ0v) is 13.1. The number of carboxylic acid groups (broad SMARTS) is 1. The molecule has 1 heterocycles. The summed E-state index contributed by atoms with van der Waals surface area (Å²) in [5.74, 6) is -1.47. The summed E-state index contributed by atoms with van der Waals surface area (Å²) in [6.07, 6.45) is 3.62. The first-order chi connectivity index (χ1) is 11.4. The third-order valence-corrected chi connectivity index (χ3v) is 4.32. The van der Waals surface area contributed by atoms with Gasteiger partial charge in [0.2, 0.25) is 5.91 Å². The summed E-state index contributed by atoms with van der Waals surface area (Å²) in [7, 11) is 0. The normalized spacial score (nSPS) is 14.9. The van der Waals surface area contributed by atoms with Crippen LogP contribution in [0.2, 0.25) is 0 Å². The van der Waals surface area contributed by atoms with Crippen molar-refractivity contribution in [1.82, 2.24) is 4.68 Å². The van der Waals surface area contributed by atoms with Gasteiger partial charge >= 0.3 is 17.1 Å². The number of rotatable bonds is 5. The number of nitrogens with zero attached hydrogens (tertiary/aromatic N) is 2. The van der Waals surface area contributed by atoms with Crippen molar-refractivity contribution in [1.29, 1.82) is 0 Å². The average molecular weight is 331 g/mol. The monoisotopic (exact) mass is 331 g/mol. The minimum atomic E-state index is -1.24. The molecule has 0 spiro atoms. The van der Waals surface area contributed by atoms with Gasteiger partial charge in [-0.15, -0.1) is 0 Å². The van der Waals surface area contributed by atoms with E-state index < -0.39 is 17.1 Å². The molecular formula is C16H17N3O5. The highest BCUT2D eigenvalue weighted by Crippen LogP contribution is 2.34. The maximum Gasteiger partial charge on any atom is 0.340 e. The van der Waals surface area contributed by atoms with Gasteiger partial charge in [-0.25, -0.2) is 4.79 Å². The van der Waals surface area contributed by atoms with E-state index in [0.29, 0.717) is 0 Å². The van der Waals surface area contributed by atoms with Crippen LogP contribution in [0, 0.1) is 0 Å².